The van der Waals surface area contributed by atoms with Crippen LogP contribution in [0.15, 0.2) is 18.3 Å². The maximum absolute atomic E-state index is 5.49. The van der Waals surface area contributed by atoms with Gasteiger partial charge in [-0.25, -0.2) is 0 Å². The third kappa shape index (κ3) is 3.71. The van der Waals surface area contributed by atoms with Crippen LogP contribution in [0.1, 0.15) is 31.4 Å². The first-order valence-corrected chi connectivity index (χ1v) is 7.22. The van der Waals surface area contributed by atoms with Crippen molar-refractivity contribution in [3.05, 3.63) is 24.0 Å². The highest BCUT2D eigenvalue weighted by atomic mass is 15.1. The van der Waals surface area contributed by atoms with Gasteiger partial charge in [0.2, 0.25) is 0 Å². The second kappa shape index (κ2) is 5.63. The van der Waals surface area contributed by atoms with Crippen LogP contribution in [0, 0.1) is 18.3 Å². The van der Waals surface area contributed by atoms with E-state index in [-0.39, 0.29) is 0 Å². The fourth-order valence-corrected chi connectivity index (χ4v) is 2.28. The highest BCUT2D eigenvalue weighted by molar-refractivity contribution is 5.48. The van der Waals surface area contributed by atoms with E-state index in [1.165, 1.54) is 31.4 Å². The number of anilines is 1. The molecule has 0 aliphatic heterocycles. The molecule has 0 aromatic carbocycles. The van der Waals surface area contributed by atoms with Crippen molar-refractivity contribution in [2.45, 2.75) is 38.3 Å². The molecule has 3 nitrogen and oxygen atoms in total. The fourth-order valence-electron chi connectivity index (χ4n) is 2.28. The number of terminal acetylenes is 1. The summed E-state index contributed by atoms with van der Waals surface area (Å²) in [5.74, 6) is 3.61. The first-order valence-electron chi connectivity index (χ1n) is 7.22. The van der Waals surface area contributed by atoms with Gasteiger partial charge in [-0.3, -0.25) is 4.98 Å². The minimum atomic E-state index is 0.690. The van der Waals surface area contributed by atoms with E-state index in [1.54, 1.807) is 0 Å². The number of rotatable bonds is 7. The molecule has 0 bridgehead atoms. The molecule has 1 N–H and O–H groups in total. The summed E-state index contributed by atoms with van der Waals surface area (Å²) in [5, 5.41) is 3.50. The molecule has 0 spiro atoms. The third-order valence-electron chi connectivity index (χ3n) is 3.77. The topological polar surface area (TPSA) is 28.2 Å². The molecule has 100 valence electrons. The molecule has 2 fully saturated rings. The molecule has 0 saturated heterocycles. The lowest BCUT2D eigenvalue weighted by Gasteiger charge is -2.22. The standard InChI is InChI=1S/C16H21N3/c1-2-9-19(12-13-3-4-13)16-7-8-17-15(10-16)11-18-14-5-6-14/h1,7-8,10,13-14,18H,3-6,9,11-12H2. The maximum Gasteiger partial charge on any atom is 0.0791 e. The second-order valence-electron chi connectivity index (χ2n) is 5.69. The molecule has 0 radical (unpaired) electrons. The molecule has 3 heteroatoms. The Morgan fingerprint density at radius 2 is 2.21 bits per heavy atom. The summed E-state index contributed by atoms with van der Waals surface area (Å²) in [4.78, 5) is 6.74. The fraction of sp³-hybridized carbons (Fsp3) is 0.562. The van der Waals surface area contributed by atoms with E-state index in [4.69, 9.17) is 6.42 Å². The minimum Gasteiger partial charge on any atom is -0.360 e. The summed E-state index contributed by atoms with van der Waals surface area (Å²) < 4.78 is 0. The van der Waals surface area contributed by atoms with Gasteiger partial charge in [0.1, 0.15) is 0 Å². The van der Waals surface area contributed by atoms with Crippen molar-refractivity contribution in [3.63, 3.8) is 0 Å². The molecule has 3 rings (SSSR count). The molecule has 0 unspecified atom stereocenters. The average Bonchev–Trinajstić information content (AvgIpc) is 3.31. The van der Waals surface area contributed by atoms with E-state index >= 15 is 0 Å². The smallest absolute Gasteiger partial charge is 0.0791 e. The van der Waals surface area contributed by atoms with E-state index in [9.17, 15) is 0 Å². The summed E-state index contributed by atoms with van der Waals surface area (Å²) in [5.41, 5.74) is 2.33. The summed E-state index contributed by atoms with van der Waals surface area (Å²) in [6.45, 7) is 2.64. The Morgan fingerprint density at radius 1 is 1.37 bits per heavy atom. The summed E-state index contributed by atoms with van der Waals surface area (Å²) >= 11 is 0. The lowest BCUT2D eigenvalue weighted by atomic mass is 10.2. The van der Waals surface area contributed by atoms with Crippen molar-refractivity contribution >= 4 is 5.69 Å². The van der Waals surface area contributed by atoms with E-state index in [2.05, 4.69) is 33.3 Å². The van der Waals surface area contributed by atoms with Gasteiger partial charge < -0.3 is 10.2 Å². The van der Waals surface area contributed by atoms with Gasteiger partial charge in [-0.2, -0.15) is 0 Å². The van der Waals surface area contributed by atoms with Gasteiger partial charge in [-0.05, 0) is 43.7 Å². The Morgan fingerprint density at radius 3 is 2.89 bits per heavy atom. The van der Waals surface area contributed by atoms with Crippen LogP contribution in [0.2, 0.25) is 0 Å². The maximum atomic E-state index is 5.49. The Hall–Kier alpha value is -1.53. The van der Waals surface area contributed by atoms with Crippen LogP contribution < -0.4 is 10.2 Å². The van der Waals surface area contributed by atoms with Gasteiger partial charge in [-0.15, -0.1) is 6.42 Å². The SMILES string of the molecule is C#CCN(CC1CC1)c1ccnc(CNC2CC2)c1. The first kappa shape index (κ1) is 12.5. The van der Waals surface area contributed by atoms with Crippen LogP contribution in [-0.4, -0.2) is 24.1 Å². The van der Waals surface area contributed by atoms with Crippen molar-refractivity contribution in [1.29, 1.82) is 0 Å². The van der Waals surface area contributed by atoms with Crippen molar-refractivity contribution in [2.75, 3.05) is 18.0 Å². The van der Waals surface area contributed by atoms with Gasteiger partial charge in [0.25, 0.3) is 0 Å². The summed E-state index contributed by atoms with van der Waals surface area (Å²) in [6, 6.07) is 4.97. The average molecular weight is 255 g/mol. The molecular weight excluding hydrogens is 234 g/mol. The van der Waals surface area contributed by atoms with Crippen LogP contribution in [0.5, 0.6) is 0 Å². The van der Waals surface area contributed by atoms with Gasteiger partial charge in [0.15, 0.2) is 0 Å². The third-order valence-corrected chi connectivity index (χ3v) is 3.77. The number of hydrogen-bond donors (Lipinski definition) is 1. The number of nitrogens with one attached hydrogen (secondary N) is 1. The first-order chi connectivity index (χ1) is 9.35. The van der Waals surface area contributed by atoms with Crippen LogP contribution in [0.3, 0.4) is 0 Å². The van der Waals surface area contributed by atoms with E-state index in [1.807, 2.05) is 6.20 Å². The number of pyridine rings is 1. The Labute approximate surface area is 115 Å². The lowest BCUT2D eigenvalue weighted by molar-refractivity contribution is 0.673. The molecular formula is C16H21N3. The molecule has 1 aromatic rings. The number of nitrogens with zero attached hydrogens (tertiary/aromatic N) is 2. The zero-order valence-electron chi connectivity index (χ0n) is 11.3. The van der Waals surface area contributed by atoms with Crippen molar-refractivity contribution in [1.82, 2.24) is 10.3 Å². The van der Waals surface area contributed by atoms with Crippen LogP contribution in [-0.2, 0) is 6.54 Å². The lowest BCUT2D eigenvalue weighted by Crippen LogP contribution is -2.26. The van der Waals surface area contributed by atoms with E-state index < -0.39 is 0 Å². The van der Waals surface area contributed by atoms with Gasteiger partial charge in [0.05, 0.1) is 12.2 Å². The predicted octanol–water partition coefficient (Wildman–Crippen LogP) is 2.18. The van der Waals surface area contributed by atoms with Crippen molar-refractivity contribution in [3.8, 4) is 12.3 Å². The number of hydrogen-bond acceptors (Lipinski definition) is 3. The Kier molecular flexibility index (Phi) is 3.70. The summed E-state index contributed by atoms with van der Waals surface area (Å²) in [7, 11) is 0. The molecule has 0 amide bonds. The molecule has 2 aliphatic carbocycles. The van der Waals surface area contributed by atoms with Crippen LogP contribution >= 0.6 is 0 Å². The highest BCUT2D eigenvalue weighted by Crippen LogP contribution is 2.31. The largest absolute Gasteiger partial charge is 0.360 e. The highest BCUT2D eigenvalue weighted by Gasteiger charge is 2.24. The van der Waals surface area contributed by atoms with E-state index in [0.717, 1.165) is 30.7 Å². The molecule has 1 aromatic heterocycles. The van der Waals surface area contributed by atoms with Gasteiger partial charge in [-0.1, -0.05) is 5.92 Å². The molecule has 1 heterocycles. The molecule has 0 atom stereocenters. The Bertz CT molecular complexity index is 469. The van der Waals surface area contributed by atoms with Crippen LogP contribution in [0.25, 0.3) is 0 Å². The quantitative estimate of drug-likeness (QED) is 0.757. The minimum absolute atomic E-state index is 0.690. The monoisotopic (exact) mass is 255 g/mol. The van der Waals surface area contributed by atoms with E-state index in [0.29, 0.717) is 6.54 Å². The predicted molar refractivity (Wildman–Crippen MR) is 77.9 cm³/mol. The zero-order valence-corrected chi connectivity index (χ0v) is 11.3. The second-order valence-corrected chi connectivity index (χ2v) is 5.69. The van der Waals surface area contributed by atoms with Crippen molar-refractivity contribution in [2.24, 2.45) is 5.92 Å². The summed E-state index contributed by atoms with van der Waals surface area (Å²) in [6.07, 6.45) is 12.7. The van der Waals surface area contributed by atoms with Gasteiger partial charge in [0, 0.05) is 31.0 Å². The van der Waals surface area contributed by atoms with Crippen molar-refractivity contribution < 1.29 is 0 Å². The Balaban J connectivity index is 1.65. The number of aromatic nitrogens is 1. The van der Waals surface area contributed by atoms with Crippen LogP contribution in [0.4, 0.5) is 5.69 Å². The van der Waals surface area contributed by atoms with Gasteiger partial charge >= 0.3 is 0 Å². The normalized spacial score (nSPS) is 18.1. The molecule has 2 saturated carbocycles. The molecule has 19 heavy (non-hydrogen) atoms. The zero-order chi connectivity index (χ0) is 13.1. The molecule has 2 aliphatic rings.